The molecule has 1 aromatic carbocycles. The summed E-state index contributed by atoms with van der Waals surface area (Å²) in [7, 11) is 0. The van der Waals surface area contributed by atoms with Gasteiger partial charge in [0.05, 0.1) is 17.2 Å². The molecule has 2 aromatic rings. The molecule has 0 unspecified atom stereocenters. The van der Waals surface area contributed by atoms with Crippen molar-refractivity contribution in [2.24, 2.45) is 0 Å². The molecule has 0 aliphatic carbocycles. The molecule has 0 spiro atoms. The molecule has 0 bridgehead atoms. The third-order valence-electron chi connectivity index (χ3n) is 2.84. The second kappa shape index (κ2) is 4.85. The average molecular weight is 271 g/mol. The Bertz CT molecular complexity index is 660. The molecule has 4 nitrogen and oxygen atoms in total. The van der Waals surface area contributed by atoms with Crippen molar-refractivity contribution in [2.45, 2.75) is 6.92 Å². The summed E-state index contributed by atoms with van der Waals surface area (Å²) < 4.78 is 0. The van der Waals surface area contributed by atoms with Crippen LogP contribution in [0.2, 0.25) is 0 Å². The molecular weight excluding hydrogens is 258 g/mol. The summed E-state index contributed by atoms with van der Waals surface area (Å²) in [6.07, 6.45) is 1.58. The zero-order valence-corrected chi connectivity index (χ0v) is 11.3. The van der Waals surface area contributed by atoms with Crippen LogP contribution in [-0.2, 0) is 4.79 Å². The third-order valence-corrected chi connectivity index (χ3v) is 3.61. The number of rotatable bonds is 3. The van der Waals surface area contributed by atoms with Crippen LogP contribution < -0.4 is 10.6 Å². The second-order valence-electron chi connectivity index (χ2n) is 4.34. The van der Waals surface area contributed by atoms with Crippen molar-refractivity contribution in [1.29, 1.82) is 0 Å². The molecule has 1 amide bonds. The molecule has 19 heavy (non-hydrogen) atoms. The second-order valence-corrected chi connectivity index (χ2v) is 5.41. The van der Waals surface area contributed by atoms with Gasteiger partial charge in [-0.3, -0.25) is 4.79 Å². The van der Waals surface area contributed by atoms with E-state index in [1.165, 1.54) is 0 Å². The van der Waals surface area contributed by atoms with E-state index in [2.05, 4.69) is 15.6 Å². The van der Waals surface area contributed by atoms with Gasteiger partial charge in [0.2, 0.25) is 5.91 Å². The smallest absolute Gasteiger partial charge is 0.246 e. The van der Waals surface area contributed by atoms with Gasteiger partial charge < -0.3 is 10.6 Å². The Kier molecular flexibility index (Phi) is 3.05. The lowest BCUT2D eigenvalue weighted by atomic mass is 10.1. The first-order valence-electron chi connectivity index (χ1n) is 5.99. The number of hydrogen-bond acceptors (Lipinski definition) is 4. The van der Waals surface area contributed by atoms with Crippen LogP contribution in [0.4, 0.5) is 5.69 Å². The van der Waals surface area contributed by atoms with Crippen molar-refractivity contribution in [3.63, 3.8) is 0 Å². The zero-order valence-electron chi connectivity index (χ0n) is 10.4. The van der Waals surface area contributed by atoms with Crippen LogP contribution >= 0.6 is 11.3 Å². The Morgan fingerprint density at radius 1 is 1.42 bits per heavy atom. The van der Waals surface area contributed by atoms with Crippen LogP contribution in [0, 0.1) is 6.92 Å². The first-order chi connectivity index (χ1) is 9.20. The van der Waals surface area contributed by atoms with Gasteiger partial charge in [0.1, 0.15) is 0 Å². The monoisotopic (exact) mass is 271 g/mol. The fraction of sp³-hybridized carbons (Fsp3) is 0.143. The highest BCUT2D eigenvalue weighted by molar-refractivity contribution is 7.09. The minimum Gasteiger partial charge on any atom is -0.357 e. The summed E-state index contributed by atoms with van der Waals surface area (Å²) in [5.41, 5.74) is 3.91. The van der Waals surface area contributed by atoms with E-state index in [-0.39, 0.29) is 5.91 Å². The van der Waals surface area contributed by atoms with Crippen LogP contribution in [0.15, 0.2) is 41.4 Å². The number of carbonyl (C=O) groups excluding carboxylic acids is 1. The molecule has 0 saturated carbocycles. The summed E-state index contributed by atoms with van der Waals surface area (Å²) in [6, 6.07) is 8.04. The van der Waals surface area contributed by atoms with Crippen LogP contribution in [0.1, 0.15) is 5.01 Å². The largest absolute Gasteiger partial charge is 0.357 e. The highest BCUT2D eigenvalue weighted by Crippen LogP contribution is 2.24. The summed E-state index contributed by atoms with van der Waals surface area (Å²) in [6.45, 7) is 2.55. The lowest BCUT2D eigenvalue weighted by Crippen LogP contribution is -2.16. The molecule has 3 rings (SSSR count). The van der Waals surface area contributed by atoms with Gasteiger partial charge in [0, 0.05) is 28.4 Å². The zero-order chi connectivity index (χ0) is 13.2. The normalized spacial score (nSPS) is 14.2. The van der Waals surface area contributed by atoms with E-state index in [0.29, 0.717) is 6.54 Å². The molecule has 1 aromatic heterocycles. The molecule has 0 saturated heterocycles. The topological polar surface area (TPSA) is 54.0 Å². The van der Waals surface area contributed by atoms with Gasteiger partial charge in [0.15, 0.2) is 0 Å². The summed E-state index contributed by atoms with van der Waals surface area (Å²) in [5.74, 6) is -0.0474. The standard InChI is InChI=1S/C14H13N3OS/c1-9-16-13(8-19-9)10-3-2-4-11(5-10)17-12-6-14(18)15-7-12/h2-6,8,17H,7H2,1H3,(H,15,18). The van der Waals surface area contributed by atoms with Gasteiger partial charge in [-0.05, 0) is 19.1 Å². The number of hydrogen-bond donors (Lipinski definition) is 2. The quantitative estimate of drug-likeness (QED) is 0.902. The lowest BCUT2D eigenvalue weighted by molar-refractivity contribution is -0.115. The number of amides is 1. The van der Waals surface area contributed by atoms with Gasteiger partial charge >= 0.3 is 0 Å². The molecule has 96 valence electrons. The number of aryl methyl sites for hydroxylation is 1. The number of benzene rings is 1. The minimum absolute atomic E-state index is 0.0474. The van der Waals surface area contributed by atoms with Crippen molar-refractivity contribution < 1.29 is 4.79 Å². The molecule has 0 fully saturated rings. The molecule has 1 aliphatic heterocycles. The maximum absolute atomic E-state index is 11.1. The SMILES string of the molecule is Cc1nc(-c2cccc(NC3=CC(=O)NC3)c2)cs1. The number of nitrogens with one attached hydrogen (secondary N) is 2. The minimum atomic E-state index is -0.0474. The van der Waals surface area contributed by atoms with Gasteiger partial charge in [-0.15, -0.1) is 11.3 Å². The number of anilines is 1. The molecule has 0 radical (unpaired) electrons. The summed E-state index contributed by atoms with van der Waals surface area (Å²) in [5, 5.41) is 9.08. The fourth-order valence-electron chi connectivity index (χ4n) is 1.96. The summed E-state index contributed by atoms with van der Waals surface area (Å²) >= 11 is 1.64. The number of aromatic nitrogens is 1. The third kappa shape index (κ3) is 2.66. The molecule has 1 aliphatic rings. The number of thiazole rings is 1. The Morgan fingerprint density at radius 2 is 2.32 bits per heavy atom. The van der Waals surface area contributed by atoms with Crippen molar-refractivity contribution in [3.05, 3.63) is 46.4 Å². The average Bonchev–Trinajstić information content (AvgIpc) is 2.99. The van der Waals surface area contributed by atoms with E-state index in [1.807, 2.05) is 36.6 Å². The van der Waals surface area contributed by atoms with Crippen molar-refractivity contribution >= 4 is 22.9 Å². The van der Waals surface area contributed by atoms with Gasteiger partial charge in [0.25, 0.3) is 0 Å². The Labute approximate surface area is 115 Å². The van der Waals surface area contributed by atoms with E-state index < -0.39 is 0 Å². The van der Waals surface area contributed by atoms with E-state index in [4.69, 9.17) is 0 Å². The molecular formula is C14H13N3OS. The van der Waals surface area contributed by atoms with E-state index in [0.717, 1.165) is 27.6 Å². The molecule has 2 heterocycles. The maximum Gasteiger partial charge on any atom is 0.246 e. The van der Waals surface area contributed by atoms with Gasteiger partial charge in [-0.25, -0.2) is 4.98 Å². The maximum atomic E-state index is 11.1. The first kappa shape index (κ1) is 11.9. The van der Waals surface area contributed by atoms with Crippen molar-refractivity contribution in [3.8, 4) is 11.3 Å². The number of carbonyl (C=O) groups is 1. The number of nitrogens with zero attached hydrogens (tertiary/aromatic N) is 1. The van der Waals surface area contributed by atoms with Crippen LogP contribution in [0.3, 0.4) is 0 Å². The summed E-state index contributed by atoms with van der Waals surface area (Å²) in [4.78, 5) is 15.6. The lowest BCUT2D eigenvalue weighted by Gasteiger charge is -2.07. The van der Waals surface area contributed by atoms with Crippen LogP contribution in [0.25, 0.3) is 11.3 Å². The van der Waals surface area contributed by atoms with E-state index in [1.54, 1.807) is 17.4 Å². The van der Waals surface area contributed by atoms with Gasteiger partial charge in [-0.1, -0.05) is 12.1 Å². The van der Waals surface area contributed by atoms with Crippen LogP contribution in [-0.4, -0.2) is 17.4 Å². The Balaban J connectivity index is 1.84. The van der Waals surface area contributed by atoms with Crippen molar-refractivity contribution in [2.75, 3.05) is 11.9 Å². The molecule has 2 N–H and O–H groups in total. The first-order valence-corrected chi connectivity index (χ1v) is 6.87. The van der Waals surface area contributed by atoms with Gasteiger partial charge in [-0.2, -0.15) is 0 Å². The Morgan fingerprint density at radius 3 is 3.00 bits per heavy atom. The van der Waals surface area contributed by atoms with E-state index in [9.17, 15) is 4.79 Å². The Hall–Kier alpha value is -2.14. The predicted molar refractivity (Wildman–Crippen MR) is 77.0 cm³/mol. The van der Waals surface area contributed by atoms with Crippen molar-refractivity contribution in [1.82, 2.24) is 10.3 Å². The van der Waals surface area contributed by atoms with E-state index >= 15 is 0 Å². The molecule has 0 atom stereocenters. The highest BCUT2D eigenvalue weighted by atomic mass is 32.1. The van der Waals surface area contributed by atoms with Crippen LogP contribution in [0.5, 0.6) is 0 Å². The highest BCUT2D eigenvalue weighted by Gasteiger charge is 2.10. The predicted octanol–water partition coefficient (Wildman–Crippen LogP) is 2.54. The fourth-order valence-corrected chi connectivity index (χ4v) is 2.58. The molecule has 5 heteroatoms.